The first kappa shape index (κ1) is 24.4. The van der Waals surface area contributed by atoms with Crippen molar-refractivity contribution in [3.8, 4) is 17.6 Å². The number of rotatable bonds is 9. The summed E-state index contributed by atoms with van der Waals surface area (Å²) >= 11 is 5.76. The van der Waals surface area contributed by atoms with Crippen molar-refractivity contribution < 1.29 is 24.0 Å². The van der Waals surface area contributed by atoms with Gasteiger partial charge in [-0.1, -0.05) is 31.0 Å². The number of unbranched alkanes of at least 4 members (excludes halogenated alkanes) is 1. The minimum atomic E-state index is -0.848. The van der Waals surface area contributed by atoms with Crippen molar-refractivity contribution in [3.05, 3.63) is 68.2 Å². The molecule has 0 aliphatic heterocycles. The summed E-state index contributed by atoms with van der Waals surface area (Å²) in [5.74, 6) is -1.11. The van der Waals surface area contributed by atoms with Crippen molar-refractivity contribution in [2.75, 3.05) is 13.7 Å². The van der Waals surface area contributed by atoms with Crippen LogP contribution in [0.25, 0.3) is 6.08 Å². The Balaban J connectivity index is 2.24. The standard InChI is InChI=1S/C22H20ClN3O6/c1-3-4-9-25-21(27)16(13-24)10-14-5-8-19(20(11-14)31-2)32-22(28)15-6-7-17(23)18(12-15)26(29)30/h5-8,10-12H,3-4,9H2,1-2H3,(H,25,27)/b16-10+. The molecule has 0 spiro atoms. The van der Waals surface area contributed by atoms with Crippen molar-refractivity contribution in [1.29, 1.82) is 5.26 Å². The van der Waals surface area contributed by atoms with Gasteiger partial charge in [0.15, 0.2) is 11.5 Å². The number of nitro benzene ring substituents is 1. The average molecular weight is 458 g/mol. The van der Waals surface area contributed by atoms with Crippen molar-refractivity contribution in [1.82, 2.24) is 5.32 Å². The lowest BCUT2D eigenvalue weighted by Crippen LogP contribution is -2.25. The van der Waals surface area contributed by atoms with Crippen LogP contribution in [0.3, 0.4) is 0 Å². The lowest BCUT2D eigenvalue weighted by atomic mass is 10.1. The number of nitrogens with zero attached hydrogens (tertiary/aromatic N) is 2. The van der Waals surface area contributed by atoms with Crippen LogP contribution in [0, 0.1) is 21.4 Å². The van der Waals surface area contributed by atoms with Crippen LogP contribution in [0.2, 0.25) is 5.02 Å². The lowest BCUT2D eigenvalue weighted by Gasteiger charge is -2.10. The van der Waals surface area contributed by atoms with Crippen LogP contribution in [0.5, 0.6) is 11.5 Å². The van der Waals surface area contributed by atoms with E-state index in [1.165, 1.54) is 43.5 Å². The van der Waals surface area contributed by atoms with Crippen LogP contribution in [0.1, 0.15) is 35.7 Å². The van der Waals surface area contributed by atoms with Gasteiger partial charge in [-0.05, 0) is 42.3 Å². The highest BCUT2D eigenvalue weighted by Gasteiger charge is 2.19. The number of carbonyl (C=O) groups excluding carboxylic acids is 2. The number of halogens is 1. The van der Waals surface area contributed by atoms with E-state index in [-0.39, 0.29) is 27.7 Å². The van der Waals surface area contributed by atoms with Gasteiger partial charge in [-0.2, -0.15) is 5.26 Å². The summed E-state index contributed by atoms with van der Waals surface area (Å²) in [4.78, 5) is 34.9. The molecule has 0 heterocycles. The SMILES string of the molecule is CCCCNC(=O)/C(C#N)=C/c1ccc(OC(=O)c2ccc(Cl)c([N+](=O)[O-])c2)c(OC)c1. The fourth-order valence-electron chi connectivity index (χ4n) is 2.59. The Bertz CT molecular complexity index is 1110. The number of ether oxygens (including phenoxy) is 2. The van der Waals surface area contributed by atoms with Crippen LogP contribution >= 0.6 is 11.6 Å². The number of hydrogen-bond acceptors (Lipinski definition) is 7. The fraction of sp³-hybridized carbons (Fsp3) is 0.227. The molecule has 0 bridgehead atoms. The molecule has 9 nitrogen and oxygen atoms in total. The summed E-state index contributed by atoms with van der Waals surface area (Å²) in [6.07, 6.45) is 3.10. The van der Waals surface area contributed by atoms with Crippen LogP contribution < -0.4 is 14.8 Å². The Labute approximate surface area is 189 Å². The number of methoxy groups -OCH3 is 1. The molecule has 0 saturated heterocycles. The van der Waals surface area contributed by atoms with Crippen LogP contribution in [-0.2, 0) is 4.79 Å². The predicted octanol–water partition coefficient (Wildman–Crippen LogP) is 4.30. The fourth-order valence-corrected chi connectivity index (χ4v) is 2.77. The molecule has 10 heteroatoms. The number of carbonyl (C=O) groups is 2. The third kappa shape index (κ3) is 6.30. The van der Waals surface area contributed by atoms with E-state index in [0.717, 1.165) is 18.9 Å². The molecule has 0 aliphatic carbocycles. The van der Waals surface area contributed by atoms with E-state index < -0.39 is 22.5 Å². The van der Waals surface area contributed by atoms with Crippen molar-refractivity contribution in [2.45, 2.75) is 19.8 Å². The molecule has 0 radical (unpaired) electrons. The third-order valence-electron chi connectivity index (χ3n) is 4.26. The maximum Gasteiger partial charge on any atom is 0.343 e. The second kappa shape index (κ2) is 11.5. The summed E-state index contributed by atoms with van der Waals surface area (Å²) in [6, 6.07) is 9.86. The second-order valence-corrected chi connectivity index (χ2v) is 6.91. The highest BCUT2D eigenvalue weighted by atomic mass is 35.5. The first-order chi connectivity index (χ1) is 15.3. The molecule has 32 heavy (non-hydrogen) atoms. The van der Waals surface area contributed by atoms with E-state index in [1.54, 1.807) is 0 Å². The Hall–Kier alpha value is -3.90. The number of nitro groups is 1. The molecule has 1 amide bonds. The van der Waals surface area contributed by atoms with Gasteiger partial charge in [0.2, 0.25) is 0 Å². The molecule has 0 aromatic heterocycles. The third-order valence-corrected chi connectivity index (χ3v) is 4.58. The van der Waals surface area contributed by atoms with E-state index in [0.29, 0.717) is 12.1 Å². The van der Waals surface area contributed by atoms with E-state index in [4.69, 9.17) is 21.1 Å². The minimum Gasteiger partial charge on any atom is -0.493 e. The van der Waals surface area contributed by atoms with Crippen molar-refractivity contribution in [3.63, 3.8) is 0 Å². The smallest absolute Gasteiger partial charge is 0.343 e. The molecule has 0 saturated carbocycles. The summed E-state index contributed by atoms with van der Waals surface area (Å²) in [5, 5.41) is 22.9. The number of esters is 1. The molecular formula is C22H20ClN3O6. The Morgan fingerprint density at radius 3 is 2.62 bits per heavy atom. The zero-order valence-electron chi connectivity index (χ0n) is 17.4. The van der Waals surface area contributed by atoms with Crippen LogP contribution in [0.15, 0.2) is 42.0 Å². The highest BCUT2D eigenvalue weighted by Crippen LogP contribution is 2.31. The zero-order valence-corrected chi connectivity index (χ0v) is 18.1. The van der Waals surface area contributed by atoms with Gasteiger partial charge in [0, 0.05) is 12.6 Å². The summed E-state index contributed by atoms with van der Waals surface area (Å²) in [7, 11) is 1.36. The molecule has 0 atom stereocenters. The Morgan fingerprint density at radius 1 is 1.25 bits per heavy atom. The lowest BCUT2D eigenvalue weighted by molar-refractivity contribution is -0.384. The zero-order chi connectivity index (χ0) is 23.7. The largest absolute Gasteiger partial charge is 0.493 e. The monoisotopic (exact) mass is 457 g/mol. The first-order valence-electron chi connectivity index (χ1n) is 9.54. The predicted molar refractivity (Wildman–Crippen MR) is 118 cm³/mol. The van der Waals surface area contributed by atoms with E-state index in [9.17, 15) is 25.0 Å². The molecule has 2 rings (SSSR count). The van der Waals surface area contributed by atoms with Crippen molar-refractivity contribution in [2.24, 2.45) is 0 Å². The number of nitriles is 1. The van der Waals surface area contributed by atoms with Gasteiger partial charge in [0.25, 0.3) is 11.6 Å². The molecule has 2 aromatic rings. The molecule has 2 aromatic carbocycles. The Kier molecular flexibility index (Phi) is 8.74. The molecule has 0 aliphatic rings. The highest BCUT2D eigenvalue weighted by molar-refractivity contribution is 6.32. The topological polar surface area (TPSA) is 132 Å². The van der Waals surface area contributed by atoms with Crippen LogP contribution in [-0.4, -0.2) is 30.5 Å². The van der Waals surface area contributed by atoms with Gasteiger partial charge in [-0.25, -0.2) is 4.79 Å². The molecular weight excluding hydrogens is 438 g/mol. The van der Waals surface area contributed by atoms with E-state index in [2.05, 4.69) is 5.32 Å². The molecule has 0 unspecified atom stereocenters. The van der Waals surface area contributed by atoms with Gasteiger partial charge in [0.1, 0.15) is 16.7 Å². The maximum atomic E-state index is 12.4. The van der Waals surface area contributed by atoms with Gasteiger partial charge in [-0.15, -0.1) is 0 Å². The first-order valence-corrected chi connectivity index (χ1v) is 9.92. The average Bonchev–Trinajstić information content (AvgIpc) is 2.78. The minimum absolute atomic E-state index is 0.0539. The van der Waals surface area contributed by atoms with E-state index >= 15 is 0 Å². The van der Waals surface area contributed by atoms with E-state index in [1.807, 2.05) is 13.0 Å². The summed E-state index contributed by atoms with van der Waals surface area (Å²) in [5.41, 5.74) is -0.0928. The van der Waals surface area contributed by atoms with Gasteiger partial charge < -0.3 is 14.8 Å². The number of benzene rings is 2. The molecule has 166 valence electrons. The van der Waals surface area contributed by atoms with Gasteiger partial charge in [0.05, 0.1) is 17.6 Å². The quantitative estimate of drug-likeness (QED) is 0.113. The second-order valence-electron chi connectivity index (χ2n) is 6.50. The van der Waals surface area contributed by atoms with Gasteiger partial charge >= 0.3 is 5.97 Å². The van der Waals surface area contributed by atoms with Gasteiger partial charge in [-0.3, -0.25) is 14.9 Å². The normalized spacial score (nSPS) is 10.8. The maximum absolute atomic E-state index is 12.4. The molecule has 0 fully saturated rings. The number of nitrogens with one attached hydrogen (secondary N) is 1. The van der Waals surface area contributed by atoms with Crippen LogP contribution in [0.4, 0.5) is 5.69 Å². The Morgan fingerprint density at radius 2 is 2.00 bits per heavy atom. The number of amides is 1. The van der Waals surface area contributed by atoms with Crippen molar-refractivity contribution >= 4 is 35.2 Å². The summed E-state index contributed by atoms with van der Waals surface area (Å²) < 4.78 is 10.5. The molecule has 1 N–H and O–H groups in total. The number of hydrogen-bond donors (Lipinski definition) is 1. The summed E-state index contributed by atoms with van der Waals surface area (Å²) in [6.45, 7) is 2.46.